The summed E-state index contributed by atoms with van der Waals surface area (Å²) in [6, 6.07) is 11.0. The second-order valence-corrected chi connectivity index (χ2v) is 6.55. The van der Waals surface area contributed by atoms with Gasteiger partial charge < -0.3 is 15.5 Å². The van der Waals surface area contributed by atoms with E-state index >= 15 is 0 Å². The van der Waals surface area contributed by atoms with Crippen molar-refractivity contribution < 1.29 is 14.5 Å². The van der Waals surface area contributed by atoms with Crippen LogP contribution < -0.4 is 10.6 Å². The predicted octanol–water partition coefficient (Wildman–Crippen LogP) is 3.51. The second-order valence-electron chi connectivity index (χ2n) is 6.55. The SMILES string of the molecule is CCNc1ccc(C(=O)Nc2ccc(C(=O)N3CCCC3)cc2)cc1[N+](=O)[O-]. The molecular weight excluding hydrogens is 360 g/mol. The van der Waals surface area contributed by atoms with E-state index in [1.165, 1.54) is 18.2 Å². The van der Waals surface area contributed by atoms with Crippen LogP contribution in [0.25, 0.3) is 0 Å². The Balaban J connectivity index is 1.71. The molecule has 0 unspecified atom stereocenters. The third kappa shape index (κ3) is 4.28. The number of carbonyl (C=O) groups is 2. The van der Waals surface area contributed by atoms with E-state index in [9.17, 15) is 19.7 Å². The number of hydrogen-bond donors (Lipinski definition) is 2. The molecule has 0 spiro atoms. The Morgan fingerprint density at radius 2 is 1.71 bits per heavy atom. The maximum Gasteiger partial charge on any atom is 0.293 e. The highest BCUT2D eigenvalue weighted by molar-refractivity contribution is 6.05. The number of benzene rings is 2. The standard InChI is InChI=1S/C20H22N4O4/c1-2-21-17-10-7-15(13-18(17)24(27)28)19(25)22-16-8-5-14(6-9-16)20(26)23-11-3-4-12-23/h5-10,13,21H,2-4,11-12H2,1H3,(H,22,25). The number of nitrogens with one attached hydrogen (secondary N) is 2. The van der Waals surface area contributed by atoms with E-state index in [-0.39, 0.29) is 17.2 Å². The summed E-state index contributed by atoms with van der Waals surface area (Å²) in [5, 5.41) is 16.8. The van der Waals surface area contributed by atoms with Gasteiger partial charge in [0.2, 0.25) is 0 Å². The minimum absolute atomic E-state index is 0.00925. The summed E-state index contributed by atoms with van der Waals surface area (Å²) < 4.78 is 0. The van der Waals surface area contributed by atoms with Crippen LogP contribution in [0.15, 0.2) is 42.5 Å². The molecule has 28 heavy (non-hydrogen) atoms. The molecule has 1 heterocycles. The molecule has 3 rings (SSSR count). The van der Waals surface area contributed by atoms with Crippen LogP contribution in [0.4, 0.5) is 17.1 Å². The first-order chi connectivity index (χ1) is 13.5. The van der Waals surface area contributed by atoms with Gasteiger partial charge in [0.05, 0.1) is 4.92 Å². The highest BCUT2D eigenvalue weighted by Crippen LogP contribution is 2.26. The average molecular weight is 382 g/mol. The molecule has 146 valence electrons. The summed E-state index contributed by atoms with van der Waals surface area (Å²) in [5.41, 5.74) is 1.49. The highest BCUT2D eigenvalue weighted by atomic mass is 16.6. The summed E-state index contributed by atoms with van der Waals surface area (Å²) in [7, 11) is 0. The Kier molecular flexibility index (Phi) is 5.88. The fourth-order valence-corrected chi connectivity index (χ4v) is 3.17. The predicted molar refractivity (Wildman–Crippen MR) is 107 cm³/mol. The molecule has 0 aromatic heterocycles. The quantitative estimate of drug-likeness (QED) is 0.588. The third-order valence-corrected chi connectivity index (χ3v) is 4.61. The maximum absolute atomic E-state index is 12.5. The molecule has 0 saturated carbocycles. The van der Waals surface area contributed by atoms with Crippen LogP contribution in [0.2, 0.25) is 0 Å². The van der Waals surface area contributed by atoms with Crippen molar-refractivity contribution in [3.8, 4) is 0 Å². The number of likely N-dealkylation sites (tertiary alicyclic amines) is 1. The van der Waals surface area contributed by atoms with Gasteiger partial charge in [0.15, 0.2) is 0 Å². The van der Waals surface area contributed by atoms with Gasteiger partial charge in [-0.25, -0.2) is 0 Å². The molecule has 0 aliphatic carbocycles. The molecule has 2 N–H and O–H groups in total. The first kappa shape index (κ1) is 19.3. The maximum atomic E-state index is 12.5. The number of nitrogens with zero attached hydrogens (tertiary/aromatic N) is 2. The topological polar surface area (TPSA) is 105 Å². The summed E-state index contributed by atoms with van der Waals surface area (Å²) in [6.07, 6.45) is 2.05. The summed E-state index contributed by atoms with van der Waals surface area (Å²) in [5.74, 6) is -0.463. The Morgan fingerprint density at radius 3 is 2.32 bits per heavy atom. The average Bonchev–Trinajstić information content (AvgIpc) is 3.23. The van der Waals surface area contributed by atoms with Gasteiger partial charge in [0.25, 0.3) is 17.5 Å². The van der Waals surface area contributed by atoms with Gasteiger partial charge in [0.1, 0.15) is 5.69 Å². The number of anilines is 2. The van der Waals surface area contributed by atoms with Crippen LogP contribution in [0.5, 0.6) is 0 Å². The number of nitro benzene ring substituents is 1. The van der Waals surface area contributed by atoms with Gasteiger partial charge in [-0.15, -0.1) is 0 Å². The fourth-order valence-electron chi connectivity index (χ4n) is 3.17. The normalized spacial score (nSPS) is 13.2. The first-order valence-electron chi connectivity index (χ1n) is 9.22. The Bertz CT molecular complexity index is 890. The molecule has 1 fully saturated rings. The Morgan fingerprint density at radius 1 is 1.07 bits per heavy atom. The van der Waals surface area contributed by atoms with Crippen LogP contribution in [0.3, 0.4) is 0 Å². The number of carbonyl (C=O) groups excluding carboxylic acids is 2. The lowest BCUT2D eigenvalue weighted by Gasteiger charge is -2.15. The molecule has 0 bridgehead atoms. The smallest absolute Gasteiger partial charge is 0.293 e. The largest absolute Gasteiger partial charge is 0.380 e. The van der Waals surface area contributed by atoms with Crippen molar-refractivity contribution in [1.29, 1.82) is 0 Å². The van der Waals surface area contributed by atoms with Gasteiger partial charge in [-0.2, -0.15) is 0 Å². The van der Waals surface area contributed by atoms with Crippen molar-refractivity contribution in [2.45, 2.75) is 19.8 Å². The second kappa shape index (κ2) is 8.51. The highest BCUT2D eigenvalue weighted by Gasteiger charge is 2.20. The number of nitro groups is 1. The number of amides is 2. The summed E-state index contributed by atoms with van der Waals surface area (Å²) >= 11 is 0. The molecular formula is C20H22N4O4. The molecule has 1 aliphatic heterocycles. The van der Waals surface area contributed by atoms with Gasteiger partial charge in [-0.05, 0) is 56.2 Å². The lowest BCUT2D eigenvalue weighted by molar-refractivity contribution is -0.384. The Hall–Kier alpha value is -3.42. The van der Waals surface area contributed by atoms with Crippen LogP contribution in [-0.2, 0) is 0 Å². The van der Waals surface area contributed by atoms with Crippen molar-refractivity contribution in [1.82, 2.24) is 4.90 Å². The van der Waals surface area contributed by atoms with Gasteiger partial charge in [0, 0.05) is 42.5 Å². The van der Waals surface area contributed by atoms with E-state index in [2.05, 4.69) is 10.6 Å². The molecule has 2 aromatic carbocycles. The van der Waals surface area contributed by atoms with Crippen molar-refractivity contribution in [2.75, 3.05) is 30.3 Å². The third-order valence-electron chi connectivity index (χ3n) is 4.61. The molecule has 8 heteroatoms. The van der Waals surface area contributed by atoms with Crippen LogP contribution in [0, 0.1) is 10.1 Å². The van der Waals surface area contributed by atoms with Crippen molar-refractivity contribution in [3.63, 3.8) is 0 Å². The van der Waals surface area contributed by atoms with Gasteiger partial charge in [-0.3, -0.25) is 19.7 Å². The fraction of sp³-hybridized carbons (Fsp3) is 0.300. The Labute approximate surface area is 162 Å². The minimum atomic E-state index is -0.520. The van der Waals surface area contributed by atoms with Gasteiger partial charge in [-0.1, -0.05) is 0 Å². The van der Waals surface area contributed by atoms with E-state index < -0.39 is 10.8 Å². The van der Waals surface area contributed by atoms with Crippen molar-refractivity contribution >= 4 is 28.9 Å². The number of rotatable bonds is 6. The van der Waals surface area contributed by atoms with E-state index in [1.807, 2.05) is 11.8 Å². The number of hydrogen-bond acceptors (Lipinski definition) is 5. The van der Waals surface area contributed by atoms with E-state index in [0.717, 1.165) is 25.9 Å². The summed E-state index contributed by atoms with van der Waals surface area (Å²) in [6.45, 7) is 3.93. The molecule has 8 nitrogen and oxygen atoms in total. The zero-order chi connectivity index (χ0) is 20.1. The van der Waals surface area contributed by atoms with Gasteiger partial charge >= 0.3 is 0 Å². The first-order valence-corrected chi connectivity index (χ1v) is 9.22. The molecule has 1 saturated heterocycles. The van der Waals surface area contributed by atoms with E-state index in [4.69, 9.17) is 0 Å². The monoisotopic (exact) mass is 382 g/mol. The lowest BCUT2D eigenvalue weighted by Crippen LogP contribution is -2.27. The van der Waals surface area contributed by atoms with E-state index in [0.29, 0.717) is 23.5 Å². The van der Waals surface area contributed by atoms with Crippen LogP contribution in [-0.4, -0.2) is 41.3 Å². The van der Waals surface area contributed by atoms with Crippen molar-refractivity contribution in [3.05, 3.63) is 63.7 Å². The molecule has 0 atom stereocenters. The molecule has 1 aliphatic rings. The van der Waals surface area contributed by atoms with Crippen LogP contribution in [0.1, 0.15) is 40.5 Å². The van der Waals surface area contributed by atoms with Crippen LogP contribution >= 0.6 is 0 Å². The zero-order valence-electron chi connectivity index (χ0n) is 15.6. The summed E-state index contributed by atoms with van der Waals surface area (Å²) in [4.78, 5) is 37.3. The molecule has 0 radical (unpaired) electrons. The lowest BCUT2D eigenvalue weighted by atomic mass is 10.1. The minimum Gasteiger partial charge on any atom is -0.380 e. The molecule has 2 aromatic rings. The molecule has 2 amide bonds. The van der Waals surface area contributed by atoms with Crippen molar-refractivity contribution in [2.24, 2.45) is 0 Å². The van der Waals surface area contributed by atoms with E-state index in [1.54, 1.807) is 24.3 Å². The zero-order valence-corrected chi connectivity index (χ0v) is 15.6.